The molecule has 0 N–H and O–H groups in total. The fourth-order valence-electron chi connectivity index (χ4n) is 2.37. The van der Waals surface area contributed by atoms with Crippen LogP contribution >= 0.6 is 34.4 Å². The molecule has 0 atom stereocenters. The molecular weight excluding hydrogens is 473 g/mol. The molecule has 27 heavy (non-hydrogen) atoms. The standard InChI is InChI=1S/C19H14IN5OS/c20-17-7-6-16(26-17)12-22-25-18(15-8-10-21-11-9-15)23-24-19(25)27-13-14-4-2-1-3-5-14/h1-12H,13H2/b22-12+. The van der Waals surface area contributed by atoms with E-state index in [9.17, 15) is 0 Å². The number of pyridine rings is 1. The minimum absolute atomic E-state index is 0.658. The van der Waals surface area contributed by atoms with Crippen LogP contribution in [0.5, 0.6) is 0 Å². The van der Waals surface area contributed by atoms with Gasteiger partial charge in [0.1, 0.15) is 5.76 Å². The Morgan fingerprint density at radius 1 is 1.04 bits per heavy atom. The second-order valence-electron chi connectivity index (χ2n) is 5.51. The van der Waals surface area contributed by atoms with E-state index in [1.54, 1.807) is 35.0 Å². The largest absolute Gasteiger partial charge is 0.449 e. The Morgan fingerprint density at radius 2 is 1.85 bits per heavy atom. The number of furan rings is 1. The Labute approximate surface area is 173 Å². The molecule has 0 fully saturated rings. The molecule has 8 heteroatoms. The van der Waals surface area contributed by atoms with Crippen LogP contribution in [-0.2, 0) is 5.75 Å². The SMILES string of the molecule is Ic1ccc(/C=N/n2c(SCc3ccccc3)nnc2-c2ccncc2)o1. The first-order valence-corrected chi connectivity index (χ1v) is 10.2. The van der Waals surface area contributed by atoms with Crippen molar-refractivity contribution in [2.45, 2.75) is 10.9 Å². The molecule has 0 radical (unpaired) electrons. The van der Waals surface area contributed by atoms with Crippen LogP contribution < -0.4 is 0 Å². The summed E-state index contributed by atoms with van der Waals surface area (Å²) in [6.07, 6.45) is 5.12. The van der Waals surface area contributed by atoms with Gasteiger partial charge in [-0.3, -0.25) is 4.98 Å². The van der Waals surface area contributed by atoms with Gasteiger partial charge in [-0.15, -0.1) is 10.2 Å². The number of rotatable bonds is 6. The van der Waals surface area contributed by atoms with Crippen molar-refractivity contribution in [3.8, 4) is 11.4 Å². The van der Waals surface area contributed by atoms with E-state index in [1.165, 1.54) is 5.56 Å². The average molecular weight is 487 g/mol. The third-order valence-corrected chi connectivity index (χ3v) is 5.23. The van der Waals surface area contributed by atoms with Crippen molar-refractivity contribution < 1.29 is 4.42 Å². The predicted molar refractivity (Wildman–Crippen MR) is 114 cm³/mol. The van der Waals surface area contributed by atoms with Gasteiger partial charge >= 0.3 is 0 Å². The molecule has 3 aromatic heterocycles. The Bertz CT molecular complexity index is 1050. The van der Waals surface area contributed by atoms with Crippen molar-refractivity contribution in [1.29, 1.82) is 0 Å². The lowest BCUT2D eigenvalue weighted by molar-refractivity contribution is 0.530. The van der Waals surface area contributed by atoms with E-state index in [0.717, 1.165) is 15.1 Å². The zero-order valence-electron chi connectivity index (χ0n) is 14.1. The van der Waals surface area contributed by atoms with Gasteiger partial charge in [-0.2, -0.15) is 9.78 Å². The molecule has 0 aliphatic carbocycles. The van der Waals surface area contributed by atoms with Crippen LogP contribution in [0, 0.1) is 3.77 Å². The van der Waals surface area contributed by atoms with Gasteiger partial charge in [-0.1, -0.05) is 42.1 Å². The highest BCUT2D eigenvalue weighted by Crippen LogP contribution is 2.26. The Hall–Kier alpha value is -2.46. The lowest BCUT2D eigenvalue weighted by Gasteiger charge is -2.04. The molecule has 0 aliphatic rings. The lowest BCUT2D eigenvalue weighted by Crippen LogP contribution is -1.97. The summed E-state index contributed by atoms with van der Waals surface area (Å²) in [4.78, 5) is 4.06. The Morgan fingerprint density at radius 3 is 2.59 bits per heavy atom. The van der Waals surface area contributed by atoms with Crippen LogP contribution in [0.1, 0.15) is 11.3 Å². The molecular formula is C19H14IN5OS. The number of thioether (sulfide) groups is 1. The molecule has 134 valence electrons. The normalized spacial score (nSPS) is 11.3. The maximum Gasteiger partial charge on any atom is 0.212 e. The minimum atomic E-state index is 0.658. The topological polar surface area (TPSA) is 69.1 Å². The van der Waals surface area contributed by atoms with E-state index >= 15 is 0 Å². The summed E-state index contributed by atoms with van der Waals surface area (Å²) in [7, 11) is 0. The summed E-state index contributed by atoms with van der Waals surface area (Å²) in [6.45, 7) is 0. The first-order chi connectivity index (χ1) is 13.3. The summed E-state index contributed by atoms with van der Waals surface area (Å²) in [5.41, 5.74) is 2.11. The van der Waals surface area contributed by atoms with Gasteiger partial charge in [0.05, 0.1) is 6.21 Å². The maximum absolute atomic E-state index is 5.56. The van der Waals surface area contributed by atoms with E-state index < -0.39 is 0 Å². The van der Waals surface area contributed by atoms with Crippen LogP contribution in [0.4, 0.5) is 0 Å². The highest BCUT2D eigenvalue weighted by atomic mass is 127. The molecule has 1 aromatic carbocycles. The van der Waals surface area contributed by atoms with Crippen molar-refractivity contribution >= 4 is 40.6 Å². The van der Waals surface area contributed by atoms with Crippen LogP contribution in [0.2, 0.25) is 0 Å². The zero-order valence-corrected chi connectivity index (χ0v) is 17.0. The molecule has 0 saturated carbocycles. The molecule has 0 bridgehead atoms. The van der Waals surface area contributed by atoms with Gasteiger partial charge in [0.2, 0.25) is 5.16 Å². The van der Waals surface area contributed by atoms with Crippen molar-refractivity contribution in [1.82, 2.24) is 19.9 Å². The van der Waals surface area contributed by atoms with Gasteiger partial charge in [0, 0.05) is 23.7 Å². The van der Waals surface area contributed by atoms with E-state index in [0.29, 0.717) is 16.7 Å². The fraction of sp³-hybridized carbons (Fsp3) is 0.0526. The van der Waals surface area contributed by atoms with Crippen LogP contribution in [-0.4, -0.2) is 26.1 Å². The Balaban J connectivity index is 1.66. The molecule has 0 saturated heterocycles. The van der Waals surface area contributed by atoms with Crippen molar-refractivity contribution in [3.63, 3.8) is 0 Å². The van der Waals surface area contributed by atoms with E-state index in [4.69, 9.17) is 4.42 Å². The predicted octanol–water partition coefficient (Wildman–Crippen LogP) is 4.71. The number of hydrogen-bond donors (Lipinski definition) is 0. The van der Waals surface area contributed by atoms with Crippen molar-refractivity contribution in [3.05, 3.63) is 82.1 Å². The summed E-state index contributed by atoms with van der Waals surface area (Å²) in [6, 6.07) is 17.8. The first-order valence-electron chi connectivity index (χ1n) is 8.12. The smallest absolute Gasteiger partial charge is 0.212 e. The second kappa shape index (κ2) is 8.49. The van der Waals surface area contributed by atoms with Gasteiger partial charge in [0.25, 0.3) is 0 Å². The quantitative estimate of drug-likeness (QED) is 0.224. The van der Waals surface area contributed by atoms with E-state index in [-0.39, 0.29) is 0 Å². The van der Waals surface area contributed by atoms with Gasteiger partial charge in [-0.25, -0.2) is 0 Å². The second-order valence-corrected chi connectivity index (χ2v) is 7.52. The molecule has 0 amide bonds. The third-order valence-electron chi connectivity index (χ3n) is 3.66. The first kappa shape index (κ1) is 17.9. The molecule has 4 rings (SSSR count). The molecule has 6 nitrogen and oxygen atoms in total. The number of halogens is 1. The summed E-state index contributed by atoms with van der Waals surface area (Å²) in [5, 5.41) is 13.9. The van der Waals surface area contributed by atoms with Crippen LogP contribution in [0.3, 0.4) is 0 Å². The molecule has 0 spiro atoms. The van der Waals surface area contributed by atoms with Crippen molar-refractivity contribution in [2.24, 2.45) is 5.10 Å². The minimum Gasteiger partial charge on any atom is -0.449 e. The van der Waals surface area contributed by atoms with Gasteiger partial charge < -0.3 is 4.42 Å². The lowest BCUT2D eigenvalue weighted by atomic mass is 10.2. The van der Waals surface area contributed by atoms with Crippen molar-refractivity contribution in [2.75, 3.05) is 0 Å². The van der Waals surface area contributed by atoms with Crippen LogP contribution in [0.25, 0.3) is 11.4 Å². The third kappa shape index (κ3) is 4.45. The molecule has 0 unspecified atom stereocenters. The van der Waals surface area contributed by atoms with E-state index in [2.05, 4.69) is 55.0 Å². The molecule has 4 aromatic rings. The number of benzene rings is 1. The zero-order chi connectivity index (χ0) is 18.5. The number of aromatic nitrogens is 4. The maximum atomic E-state index is 5.56. The van der Waals surface area contributed by atoms with E-state index in [1.807, 2.05) is 42.5 Å². The highest BCUT2D eigenvalue weighted by molar-refractivity contribution is 14.1. The summed E-state index contributed by atoms with van der Waals surface area (Å²) in [5.74, 6) is 2.11. The summed E-state index contributed by atoms with van der Waals surface area (Å²) >= 11 is 3.71. The number of hydrogen-bond acceptors (Lipinski definition) is 6. The monoisotopic (exact) mass is 487 g/mol. The highest BCUT2D eigenvalue weighted by Gasteiger charge is 2.14. The number of nitrogens with zero attached hydrogens (tertiary/aromatic N) is 5. The summed E-state index contributed by atoms with van der Waals surface area (Å²) < 4.78 is 8.11. The molecule has 3 heterocycles. The Kier molecular flexibility index (Phi) is 5.64. The van der Waals surface area contributed by atoms with Gasteiger partial charge in [-0.05, 0) is 52.4 Å². The van der Waals surface area contributed by atoms with Crippen LogP contribution in [0.15, 0.2) is 81.7 Å². The fourth-order valence-corrected chi connectivity index (χ4v) is 3.65. The van der Waals surface area contributed by atoms with Gasteiger partial charge in [0.15, 0.2) is 9.59 Å². The average Bonchev–Trinajstić information content (AvgIpc) is 3.32. The molecule has 0 aliphatic heterocycles.